The molecule has 0 radical (unpaired) electrons. The van der Waals surface area contributed by atoms with Gasteiger partial charge < -0.3 is 15.8 Å². The lowest BCUT2D eigenvalue weighted by Crippen LogP contribution is -2.44. The number of benzene rings is 1. The van der Waals surface area contributed by atoms with Gasteiger partial charge in [0.05, 0.1) is 6.54 Å². The molecule has 0 fully saturated rings. The van der Waals surface area contributed by atoms with E-state index in [1.54, 1.807) is 0 Å². The molecule has 94 valence electrons. The summed E-state index contributed by atoms with van der Waals surface area (Å²) in [4.78, 5) is 0. The SMILES string of the molecule is Cl.N=C(N)NC(=N)NCCOc1ccccc1. The molecule has 0 aliphatic heterocycles. The fraction of sp³-hybridized carbons (Fsp3) is 0.200. The zero-order chi connectivity index (χ0) is 11.8. The molecule has 0 aromatic heterocycles. The van der Waals surface area contributed by atoms with Crippen LogP contribution in [0.5, 0.6) is 5.75 Å². The Morgan fingerprint density at radius 3 is 2.47 bits per heavy atom. The second-order valence-corrected chi connectivity index (χ2v) is 3.00. The lowest BCUT2D eigenvalue weighted by molar-refractivity contribution is 0.322. The first kappa shape index (κ1) is 15.0. The minimum atomic E-state index is -0.263. The molecule has 0 bridgehead atoms. The van der Waals surface area contributed by atoms with Crippen LogP contribution in [0, 0.1) is 10.8 Å². The van der Waals surface area contributed by atoms with Crippen molar-refractivity contribution in [1.82, 2.24) is 10.6 Å². The highest BCUT2D eigenvalue weighted by atomic mass is 35.5. The lowest BCUT2D eigenvalue weighted by Gasteiger charge is -2.09. The number of guanidine groups is 2. The summed E-state index contributed by atoms with van der Waals surface area (Å²) in [6.45, 7) is 0.903. The van der Waals surface area contributed by atoms with Crippen molar-refractivity contribution in [3.8, 4) is 5.75 Å². The van der Waals surface area contributed by atoms with E-state index in [4.69, 9.17) is 21.3 Å². The summed E-state index contributed by atoms with van der Waals surface area (Å²) in [7, 11) is 0. The van der Waals surface area contributed by atoms with Gasteiger partial charge in [-0.3, -0.25) is 16.1 Å². The van der Waals surface area contributed by atoms with Gasteiger partial charge in [-0.1, -0.05) is 18.2 Å². The van der Waals surface area contributed by atoms with Crippen molar-refractivity contribution in [1.29, 1.82) is 10.8 Å². The minimum Gasteiger partial charge on any atom is -0.492 e. The van der Waals surface area contributed by atoms with Crippen molar-refractivity contribution in [2.75, 3.05) is 13.2 Å². The van der Waals surface area contributed by atoms with Crippen LogP contribution < -0.4 is 21.1 Å². The van der Waals surface area contributed by atoms with Crippen LogP contribution >= 0.6 is 12.4 Å². The third kappa shape index (κ3) is 7.02. The zero-order valence-corrected chi connectivity index (χ0v) is 10.0. The minimum absolute atomic E-state index is 0. The molecule has 0 amide bonds. The van der Waals surface area contributed by atoms with Gasteiger partial charge in [0.2, 0.25) is 0 Å². The molecule has 1 aromatic rings. The number of para-hydroxylation sites is 1. The molecule has 0 atom stereocenters. The highest BCUT2D eigenvalue weighted by Gasteiger charge is 1.96. The van der Waals surface area contributed by atoms with Gasteiger partial charge in [0, 0.05) is 0 Å². The van der Waals surface area contributed by atoms with E-state index >= 15 is 0 Å². The van der Waals surface area contributed by atoms with Crippen molar-refractivity contribution < 1.29 is 4.74 Å². The highest BCUT2D eigenvalue weighted by Crippen LogP contribution is 2.07. The van der Waals surface area contributed by atoms with Gasteiger partial charge in [-0.05, 0) is 12.1 Å². The zero-order valence-electron chi connectivity index (χ0n) is 9.19. The summed E-state index contributed by atoms with van der Waals surface area (Å²) in [6.07, 6.45) is 0. The summed E-state index contributed by atoms with van der Waals surface area (Å²) in [5.41, 5.74) is 5.05. The van der Waals surface area contributed by atoms with Crippen molar-refractivity contribution in [2.45, 2.75) is 0 Å². The van der Waals surface area contributed by atoms with E-state index in [0.29, 0.717) is 13.2 Å². The van der Waals surface area contributed by atoms with Gasteiger partial charge in [-0.2, -0.15) is 0 Å². The van der Waals surface area contributed by atoms with Crippen LogP contribution in [0.25, 0.3) is 0 Å². The Morgan fingerprint density at radius 1 is 1.24 bits per heavy atom. The largest absolute Gasteiger partial charge is 0.492 e. The van der Waals surface area contributed by atoms with E-state index in [-0.39, 0.29) is 24.3 Å². The number of nitrogens with one attached hydrogen (secondary N) is 4. The predicted molar refractivity (Wildman–Crippen MR) is 70.0 cm³/mol. The first-order valence-electron chi connectivity index (χ1n) is 4.80. The molecule has 1 rings (SSSR count). The maximum absolute atomic E-state index is 7.30. The molecular weight excluding hydrogens is 242 g/mol. The quantitative estimate of drug-likeness (QED) is 0.307. The topological polar surface area (TPSA) is 107 Å². The van der Waals surface area contributed by atoms with Crippen LogP contribution in [0.4, 0.5) is 0 Å². The number of rotatable bonds is 4. The maximum Gasteiger partial charge on any atom is 0.195 e. The van der Waals surface area contributed by atoms with Gasteiger partial charge in [-0.15, -0.1) is 12.4 Å². The van der Waals surface area contributed by atoms with E-state index in [9.17, 15) is 0 Å². The molecule has 0 aliphatic carbocycles. The smallest absolute Gasteiger partial charge is 0.195 e. The third-order valence-electron chi connectivity index (χ3n) is 1.68. The molecule has 7 heteroatoms. The number of ether oxygens (including phenoxy) is 1. The normalized spacial score (nSPS) is 8.71. The summed E-state index contributed by atoms with van der Waals surface area (Å²) in [6, 6.07) is 9.42. The first-order chi connectivity index (χ1) is 7.68. The molecular formula is C10H16ClN5O. The average Bonchev–Trinajstić information content (AvgIpc) is 2.25. The molecule has 0 saturated carbocycles. The van der Waals surface area contributed by atoms with E-state index in [1.807, 2.05) is 30.3 Å². The molecule has 17 heavy (non-hydrogen) atoms. The number of hydrogen-bond donors (Lipinski definition) is 5. The van der Waals surface area contributed by atoms with E-state index in [0.717, 1.165) is 5.75 Å². The van der Waals surface area contributed by atoms with Crippen molar-refractivity contribution in [3.05, 3.63) is 30.3 Å². The molecule has 0 saturated heterocycles. The van der Waals surface area contributed by atoms with E-state index in [1.165, 1.54) is 0 Å². The first-order valence-corrected chi connectivity index (χ1v) is 4.80. The van der Waals surface area contributed by atoms with Gasteiger partial charge >= 0.3 is 0 Å². The molecule has 0 spiro atoms. The standard InChI is InChI=1S/C10H15N5O.ClH/c11-9(12)15-10(13)14-6-7-16-8-4-2-1-3-5-8;/h1-5H,6-7H2,(H6,11,12,13,14,15);1H. The Bertz CT molecular complexity index is 357. The van der Waals surface area contributed by atoms with Gasteiger partial charge in [0.15, 0.2) is 11.9 Å². The van der Waals surface area contributed by atoms with Gasteiger partial charge in [0.1, 0.15) is 12.4 Å². The number of halogens is 1. The Balaban J connectivity index is 0.00000256. The van der Waals surface area contributed by atoms with Crippen LogP contribution in [-0.4, -0.2) is 25.1 Å². The van der Waals surface area contributed by atoms with Crippen LogP contribution in [-0.2, 0) is 0 Å². The summed E-state index contributed by atoms with van der Waals surface area (Å²) in [5.74, 6) is 0.515. The fourth-order valence-corrected chi connectivity index (χ4v) is 1.04. The Labute approximate surface area is 106 Å². The summed E-state index contributed by atoms with van der Waals surface area (Å²) >= 11 is 0. The second kappa shape index (κ2) is 8.23. The van der Waals surface area contributed by atoms with Crippen molar-refractivity contribution >= 4 is 24.3 Å². The molecule has 6 N–H and O–H groups in total. The Morgan fingerprint density at radius 2 is 1.88 bits per heavy atom. The Kier molecular flexibility index (Phi) is 7.29. The van der Waals surface area contributed by atoms with Gasteiger partial charge in [0.25, 0.3) is 0 Å². The van der Waals surface area contributed by atoms with E-state index < -0.39 is 0 Å². The second-order valence-electron chi connectivity index (χ2n) is 3.00. The van der Waals surface area contributed by atoms with E-state index in [2.05, 4.69) is 10.6 Å². The molecule has 0 aliphatic rings. The summed E-state index contributed by atoms with van der Waals surface area (Å²) in [5, 5.41) is 19.2. The predicted octanol–water partition coefficient (Wildman–Crippen LogP) is 0.495. The van der Waals surface area contributed by atoms with Gasteiger partial charge in [-0.25, -0.2) is 0 Å². The number of nitrogens with two attached hydrogens (primary N) is 1. The van der Waals surface area contributed by atoms with Crippen LogP contribution in [0.2, 0.25) is 0 Å². The van der Waals surface area contributed by atoms with Crippen molar-refractivity contribution in [3.63, 3.8) is 0 Å². The lowest BCUT2D eigenvalue weighted by atomic mass is 10.3. The molecule has 0 heterocycles. The average molecular weight is 258 g/mol. The fourth-order valence-electron chi connectivity index (χ4n) is 1.04. The molecule has 1 aromatic carbocycles. The highest BCUT2D eigenvalue weighted by molar-refractivity contribution is 5.94. The molecule has 0 unspecified atom stereocenters. The number of hydrogen-bond acceptors (Lipinski definition) is 3. The Hall–Kier alpha value is -1.95. The summed E-state index contributed by atoms with van der Waals surface area (Å²) < 4.78 is 5.39. The van der Waals surface area contributed by atoms with Crippen LogP contribution in [0.3, 0.4) is 0 Å². The van der Waals surface area contributed by atoms with Crippen LogP contribution in [0.1, 0.15) is 0 Å². The van der Waals surface area contributed by atoms with Crippen molar-refractivity contribution in [2.24, 2.45) is 5.73 Å². The third-order valence-corrected chi connectivity index (χ3v) is 1.68. The monoisotopic (exact) mass is 257 g/mol. The maximum atomic E-state index is 7.30. The van der Waals surface area contributed by atoms with Crippen LogP contribution in [0.15, 0.2) is 30.3 Å². The molecule has 6 nitrogen and oxygen atoms in total.